The van der Waals surface area contributed by atoms with Crippen molar-refractivity contribution in [1.82, 2.24) is 30.4 Å². The van der Waals surface area contributed by atoms with Gasteiger partial charge >= 0.3 is 0 Å². The van der Waals surface area contributed by atoms with Crippen molar-refractivity contribution in [3.05, 3.63) is 190 Å². The summed E-state index contributed by atoms with van der Waals surface area (Å²) in [5.74, 6) is -1.86. The van der Waals surface area contributed by atoms with Gasteiger partial charge in [-0.05, 0) is 161 Å². The molecule has 2 N–H and O–H groups in total. The number of nitrogens with zero attached hydrogens (tertiary/aromatic N) is 4. The van der Waals surface area contributed by atoms with Gasteiger partial charge in [0.2, 0.25) is 0 Å². The molecule has 0 amide bonds. The van der Waals surface area contributed by atoms with Crippen LogP contribution in [-0.2, 0) is 11.1 Å². The third kappa shape index (κ3) is 11.0. The first-order chi connectivity index (χ1) is 32.1. The molecule has 0 radical (unpaired) electrons. The molecule has 0 aliphatic carbocycles. The number of piperidine rings is 2. The quantitative estimate of drug-likeness (QED) is 0.0779. The van der Waals surface area contributed by atoms with E-state index in [0.29, 0.717) is 36.2 Å². The minimum Gasteiger partial charge on any atom is -0.489 e. The maximum Gasteiger partial charge on any atom is 0.165 e. The highest BCUT2D eigenvalue weighted by atomic mass is 35.5. The van der Waals surface area contributed by atoms with Crippen LogP contribution in [0, 0.1) is 35.1 Å². The predicted molar refractivity (Wildman–Crippen MR) is 251 cm³/mol. The van der Waals surface area contributed by atoms with Gasteiger partial charge in [0.1, 0.15) is 35.9 Å². The Balaban J connectivity index is 1.09. The van der Waals surface area contributed by atoms with Gasteiger partial charge in [0, 0.05) is 47.7 Å². The molecule has 66 heavy (non-hydrogen) atoms. The third-order valence-corrected chi connectivity index (χ3v) is 13.6. The normalized spacial score (nSPS) is 17.2. The Labute approximate surface area is 394 Å². The summed E-state index contributed by atoms with van der Waals surface area (Å²) >= 11 is 13.3. The second-order valence-electron chi connectivity index (χ2n) is 17.1. The van der Waals surface area contributed by atoms with Gasteiger partial charge in [-0.3, -0.25) is 30.4 Å². The molecule has 346 valence electrons. The summed E-state index contributed by atoms with van der Waals surface area (Å²) in [5.41, 5.74) is 1.24. The smallest absolute Gasteiger partial charge is 0.165 e. The van der Waals surface area contributed by atoms with Gasteiger partial charge in [-0.15, -0.1) is 0 Å². The molecule has 8 nitrogen and oxygen atoms in total. The fourth-order valence-corrected chi connectivity index (χ4v) is 9.75. The number of hydrogen-bond acceptors (Lipinski definition) is 8. The van der Waals surface area contributed by atoms with Gasteiger partial charge in [-0.2, -0.15) is 0 Å². The van der Waals surface area contributed by atoms with Crippen molar-refractivity contribution in [3.63, 3.8) is 0 Å². The number of benzene rings is 4. The Bertz CT molecular complexity index is 2290. The van der Waals surface area contributed by atoms with E-state index in [1.54, 1.807) is 0 Å². The zero-order chi connectivity index (χ0) is 45.9. The minimum absolute atomic E-state index is 0.0820. The molecule has 14 heteroatoms. The SMILES string of the molecule is Fc1ccc(F)c(OCCN2CCC(CNC(c3ccc(Cl)cc3)(c3ccccn3)[C@](NCC3CCN(CCOc4cc(F)ccc4F)CC3)(c3ccc(Cl)cc3)c3ccccn3)CC2)c1. The van der Waals surface area contributed by atoms with E-state index in [1.165, 1.54) is 0 Å². The lowest BCUT2D eigenvalue weighted by Gasteiger charge is -2.53. The number of aromatic nitrogens is 2. The van der Waals surface area contributed by atoms with E-state index in [-0.39, 0.29) is 36.5 Å². The summed E-state index contributed by atoms with van der Waals surface area (Å²) in [6.07, 6.45) is 7.23. The molecule has 0 spiro atoms. The van der Waals surface area contributed by atoms with Crippen molar-refractivity contribution in [2.45, 2.75) is 36.8 Å². The standard InChI is InChI=1S/C52H54Cl2F4N6O2/c53-41-11-7-39(8-12-41)51(49-5-1-3-23-59-49,61-35-37-19-25-63(26-20-37)29-31-65-47-33-43(55)15-17-45(47)57)52(50-6-2-4-24-60-50,40-9-13-42(54)14-10-40)62-36-38-21-27-64(28-22-38)30-32-66-48-34-44(56)16-18-46(48)58/h1-18,23-24,33-34,37-38,61-62H,19-22,25-32,35-36H2/t51-,52?/m0/s1. The second kappa shape index (κ2) is 22.1. The molecule has 2 fully saturated rings. The molecule has 6 aromatic rings. The van der Waals surface area contributed by atoms with E-state index in [2.05, 4.69) is 56.8 Å². The average molecular weight is 942 g/mol. The van der Waals surface area contributed by atoms with Gasteiger partial charge in [0.15, 0.2) is 23.1 Å². The molecule has 1 unspecified atom stereocenters. The minimum atomic E-state index is -1.09. The number of pyridine rings is 2. The Morgan fingerprint density at radius 3 is 1.29 bits per heavy atom. The molecule has 2 aliphatic rings. The summed E-state index contributed by atoms with van der Waals surface area (Å²) in [6.45, 7) is 6.16. The average Bonchev–Trinajstić information content (AvgIpc) is 3.34. The molecule has 2 aromatic heterocycles. The van der Waals surface area contributed by atoms with Crippen LogP contribution >= 0.6 is 23.2 Å². The molecule has 0 saturated carbocycles. The molecular formula is C52H54Cl2F4N6O2. The lowest BCUT2D eigenvalue weighted by atomic mass is 9.63. The highest BCUT2D eigenvalue weighted by Crippen LogP contribution is 2.50. The summed E-state index contributed by atoms with van der Waals surface area (Å²) in [7, 11) is 0. The van der Waals surface area contributed by atoms with Crippen LogP contribution in [0.2, 0.25) is 10.0 Å². The van der Waals surface area contributed by atoms with Crippen LogP contribution in [0.1, 0.15) is 48.2 Å². The summed E-state index contributed by atoms with van der Waals surface area (Å²) in [4.78, 5) is 14.9. The van der Waals surface area contributed by atoms with E-state index in [0.717, 1.165) is 111 Å². The van der Waals surface area contributed by atoms with Crippen molar-refractivity contribution in [2.75, 3.05) is 65.6 Å². The van der Waals surface area contributed by atoms with Gasteiger partial charge in [0.25, 0.3) is 0 Å². The zero-order valence-corrected chi connectivity index (χ0v) is 38.1. The highest BCUT2D eigenvalue weighted by molar-refractivity contribution is 6.30. The first-order valence-electron chi connectivity index (χ1n) is 22.6. The third-order valence-electron chi connectivity index (χ3n) is 13.1. The lowest BCUT2D eigenvalue weighted by molar-refractivity contribution is 0.122. The van der Waals surface area contributed by atoms with E-state index >= 15 is 0 Å². The van der Waals surface area contributed by atoms with Crippen LogP contribution in [0.15, 0.2) is 134 Å². The molecule has 4 aromatic carbocycles. The van der Waals surface area contributed by atoms with Crippen LogP contribution in [0.25, 0.3) is 0 Å². The number of rotatable bonds is 19. The molecule has 2 aliphatic heterocycles. The zero-order valence-electron chi connectivity index (χ0n) is 36.6. The van der Waals surface area contributed by atoms with Crippen molar-refractivity contribution < 1.29 is 27.0 Å². The molecule has 4 heterocycles. The Hall–Kier alpha value is -5.08. The number of likely N-dealkylation sites (tertiary alicyclic amines) is 2. The van der Waals surface area contributed by atoms with Gasteiger partial charge < -0.3 is 9.47 Å². The number of halogens is 6. The van der Waals surface area contributed by atoms with Crippen molar-refractivity contribution >= 4 is 23.2 Å². The van der Waals surface area contributed by atoms with E-state index < -0.39 is 34.3 Å². The van der Waals surface area contributed by atoms with Crippen LogP contribution in [-0.4, -0.2) is 85.3 Å². The fraction of sp³-hybridized carbons (Fsp3) is 0.346. The van der Waals surface area contributed by atoms with Crippen LogP contribution < -0.4 is 20.1 Å². The van der Waals surface area contributed by atoms with Crippen molar-refractivity contribution in [2.24, 2.45) is 11.8 Å². The van der Waals surface area contributed by atoms with Crippen LogP contribution in [0.5, 0.6) is 11.5 Å². The maximum atomic E-state index is 14.2. The lowest BCUT2D eigenvalue weighted by Crippen LogP contribution is -2.68. The summed E-state index contributed by atoms with van der Waals surface area (Å²) in [5, 5.41) is 9.61. The maximum absolute atomic E-state index is 14.2. The van der Waals surface area contributed by atoms with Crippen molar-refractivity contribution in [3.8, 4) is 11.5 Å². The second-order valence-corrected chi connectivity index (χ2v) is 18.0. The molecule has 2 saturated heterocycles. The fourth-order valence-electron chi connectivity index (χ4n) is 9.50. The molecular weight excluding hydrogens is 888 g/mol. The topological polar surface area (TPSA) is 74.8 Å². The summed E-state index contributed by atoms with van der Waals surface area (Å²) < 4.78 is 67.3. The van der Waals surface area contributed by atoms with E-state index in [1.807, 2.05) is 60.9 Å². The molecule has 2 atom stereocenters. The van der Waals surface area contributed by atoms with Gasteiger partial charge in [-0.1, -0.05) is 59.6 Å². The van der Waals surface area contributed by atoms with Crippen LogP contribution in [0.3, 0.4) is 0 Å². The molecule has 0 bridgehead atoms. The van der Waals surface area contributed by atoms with Crippen LogP contribution in [0.4, 0.5) is 17.6 Å². The largest absolute Gasteiger partial charge is 0.489 e. The first kappa shape index (κ1) is 47.4. The Kier molecular flexibility index (Phi) is 15.9. The number of hydrogen-bond donors (Lipinski definition) is 2. The van der Waals surface area contributed by atoms with E-state index in [9.17, 15) is 17.6 Å². The monoisotopic (exact) mass is 940 g/mol. The Morgan fingerprint density at radius 1 is 0.530 bits per heavy atom. The van der Waals surface area contributed by atoms with Gasteiger partial charge in [0.05, 0.1) is 11.4 Å². The number of ether oxygens (including phenoxy) is 2. The first-order valence-corrected chi connectivity index (χ1v) is 23.3. The molecule has 8 rings (SSSR count). The Morgan fingerprint density at radius 2 is 0.924 bits per heavy atom. The number of nitrogens with one attached hydrogen (secondary N) is 2. The van der Waals surface area contributed by atoms with Gasteiger partial charge in [-0.25, -0.2) is 17.6 Å². The van der Waals surface area contributed by atoms with E-state index in [4.69, 9.17) is 42.6 Å². The predicted octanol–water partition coefficient (Wildman–Crippen LogP) is 10.3. The highest BCUT2D eigenvalue weighted by Gasteiger charge is 2.58. The summed E-state index contributed by atoms with van der Waals surface area (Å²) in [6, 6.07) is 34.4. The van der Waals surface area contributed by atoms with Crippen molar-refractivity contribution in [1.29, 1.82) is 0 Å².